The van der Waals surface area contributed by atoms with Crippen molar-refractivity contribution in [1.82, 2.24) is 4.90 Å². The molecule has 0 heterocycles. The summed E-state index contributed by atoms with van der Waals surface area (Å²) in [6.07, 6.45) is 0. The first-order valence-corrected chi connectivity index (χ1v) is 4.29. The highest BCUT2D eigenvalue weighted by molar-refractivity contribution is 5.25. The van der Waals surface area contributed by atoms with Crippen molar-refractivity contribution >= 4 is 0 Å². The van der Waals surface area contributed by atoms with Crippen LogP contribution in [0.5, 0.6) is 0 Å². The molecule has 1 atom stereocenters. The third kappa shape index (κ3) is 2.33. The van der Waals surface area contributed by atoms with E-state index in [1.165, 1.54) is 0 Å². The van der Waals surface area contributed by atoms with Crippen molar-refractivity contribution in [3.05, 3.63) is 48.2 Å². The van der Waals surface area contributed by atoms with E-state index in [1.54, 1.807) is 0 Å². The number of benzene rings is 1. The maximum atomic E-state index is 6.00. The van der Waals surface area contributed by atoms with Crippen LogP contribution in [0.3, 0.4) is 0 Å². The molecule has 0 amide bonds. The van der Waals surface area contributed by atoms with Gasteiger partial charge in [0.15, 0.2) is 0 Å². The van der Waals surface area contributed by atoms with Gasteiger partial charge < -0.3 is 10.6 Å². The minimum absolute atomic E-state index is 0.101. The molecule has 1 rings (SSSR count). The highest BCUT2D eigenvalue weighted by Crippen LogP contribution is 2.17. The van der Waals surface area contributed by atoms with Crippen LogP contribution in [-0.2, 0) is 0 Å². The molecular formula is C11H16N2. The maximum Gasteiger partial charge on any atom is 0.0696 e. The molecule has 1 aromatic carbocycles. The van der Waals surface area contributed by atoms with Crippen LogP contribution < -0.4 is 5.73 Å². The van der Waals surface area contributed by atoms with Gasteiger partial charge in [-0.15, -0.1) is 0 Å². The van der Waals surface area contributed by atoms with Crippen molar-refractivity contribution in [1.29, 1.82) is 0 Å². The fourth-order valence-corrected chi connectivity index (χ4v) is 1.13. The minimum Gasteiger partial charge on any atom is -0.380 e. The molecule has 1 unspecified atom stereocenters. The van der Waals surface area contributed by atoms with E-state index in [9.17, 15) is 0 Å². The molecule has 0 fully saturated rings. The van der Waals surface area contributed by atoms with Crippen LogP contribution >= 0.6 is 0 Å². The van der Waals surface area contributed by atoms with E-state index in [4.69, 9.17) is 5.73 Å². The molecule has 0 radical (unpaired) electrons. The minimum atomic E-state index is -0.101. The Kier molecular flexibility index (Phi) is 3.09. The summed E-state index contributed by atoms with van der Waals surface area (Å²) in [4.78, 5) is 1.94. The number of hydrogen-bond acceptors (Lipinski definition) is 2. The zero-order valence-electron chi connectivity index (χ0n) is 8.20. The molecule has 1 aromatic rings. The third-order valence-electron chi connectivity index (χ3n) is 2.09. The van der Waals surface area contributed by atoms with Crippen molar-refractivity contribution in [3.63, 3.8) is 0 Å². The van der Waals surface area contributed by atoms with E-state index in [1.807, 2.05) is 49.3 Å². The summed E-state index contributed by atoms with van der Waals surface area (Å²) in [6, 6.07) is 9.88. The lowest BCUT2D eigenvalue weighted by atomic mass is 10.1. The fraction of sp³-hybridized carbons (Fsp3) is 0.273. The van der Waals surface area contributed by atoms with Gasteiger partial charge in [-0.3, -0.25) is 0 Å². The maximum absolute atomic E-state index is 6.00. The average molecular weight is 176 g/mol. The predicted octanol–water partition coefficient (Wildman–Crippen LogP) is 1.76. The predicted molar refractivity (Wildman–Crippen MR) is 56.2 cm³/mol. The van der Waals surface area contributed by atoms with E-state index >= 15 is 0 Å². The lowest BCUT2D eigenvalue weighted by molar-refractivity contribution is 0.469. The van der Waals surface area contributed by atoms with Gasteiger partial charge in [0.25, 0.3) is 0 Å². The van der Waals surface area contributed by atoms with Gasteiger partial charge in [-0.2, -0.15) is 0 Å². The molecule has 2 N–H and O–H groups in total. The van der Waals surface area contributed by atoms with Crippen molar-refractivity contribution in [2.45, 2.75) is 6.04 Å². The third-order valence-corrected chi connectivity index (χ3v) is 2.09. The van der Waals surface area contributed by atoms with Gasteiger partial charge >= 0.3 is 0 Å². The molecule has 0 aromatic heterocycles. The Labute approximate surface area is 79.7 Å². The standard InChI is InChI=1S/C11H16N2/c1-9(13(2)3)11(12)10-7-5-4-6-8-10/h4-8,11H,1,12H2,2-3H3. The average Bonchev–Trinajstić information content (AvgIpc) is 2.17. The molecule has 13 heavy (non-hydrogen) atoms. The van der Waals surface area contributed by atoms with Crippen molar-refractivity contribution in [2.24, 2.45) is 5.73 Å². The first-order chi connectivity index (χ1) is 6.13. The van der Waals surface area contributed by atoms with Crippen LogP contribution in [-0.4, -0.2) is 19.0 Å². The zero-order chi connectivity index (χ0) is 9.84. The molecule has 0 aliphatic heterocycles. The lowest BCUT2D eigenvalue weighted by Crippen LogP contribution is -2.22. The SMILES string of the molecule is C=C(C(N)c1ccccc1)N(C)C. The van der Waals surface area contributed by atoms with E-state index in [2.05, 4.69) is 6.58 Å². The van der Waals surface area contributed by atoms with E-state index < -0.39 is 0 Å². The summed E-state index contributed by atoms with van der Waals surface area (Å²) in [5, 5.41) is 0. The number of nitrogens with two attached hydrogens (primary N) is 1. The smallest absolute Gasteiger partial charge is 0.0696 e. The zero-order valence-corrected chi connectivity index (χ0v) is 8.20. The van der Waals surface area contributed by atoms with Crippen LogP contribution in [0.15, 0.2) is 42.6 Å². The Morgan fingerprint density at radius 2 is 1.85 bits per heavy atom. The summed E-state index contributed by atoms with van der Waals surface area (Å²) in [6.45, 7) is 3.93. The summed E-state index contributed by atoms with van der Waals surface area (Å²) >= 11 is 0. The highest BCUT2D eigenvalue weighted by atomic mass is 15.1. The van der Waals surface area contributed by atoms with Crippen LogP contribution in [0, 0.1) is 0 Å². The van der Waals surface area contributed by atoms with Crippen LogP contribution in [0.1, 0.15) is 11.6 Å². The molecule has 70 valence electrons. The largest absolute Gasteiger partial charge is 0.380 e. The Balaban J connectivity index is 2.80. The van der Waals surface area contributed by atoms with Crippen molar-refractivity contribution in [2.75, 3.05) is 14.1 Å². The first-order valence-electron chi connectivity index (χ1n) is 4.29. The van der Waals surface area contributed by atoms with Gasteiger partial charge in [-0.1, -0.05) is 36.9 Å². The summed E-state index contributed by atoms with van der Waals surface area (Å²) in [7, 11) is 3.90. The Morgan fingerprint density at radius 3 is 2.31 bits per heavy atom. The topological polar surface area (TPSA) is 29.3 Å². The second-order valence-electron chi connectivity index (χ2n) is 3.27. The molecule has 0 aliphatic carbocycles. The number of rotatable bonds is 3. The molecule has 0 bridgehead atoms. The second-order valence-corrected chi connectivity index (χ2v) is 3.27. The van der Waals surface area contributed by atoms with Gasteiger partial charge in [0.2, 0.25) is 0 Å². The van der Waals surface area contributed by atoms with E-state index in [0.29, 0.717) is 0 Å². The van der Waals surface area contributed by atoms with Crippen LogP contribution in [0.25, 0.3) is 0 Å². The quantitative estimate of drug-likeness (QED) is 0.760. The number of nitrogens with zero attached hydrogens (tertiary/aromatic N) is 1. The number of hydrogen-bond donors (Lipinski definition) is 1. The Morgan fingerprint density at radius 1 is 1.31 bits per heavy atom. The first kappa shape index (κ1) is 9.81. The van der Waals surface area contributed by atoms with Gasteiger partial charge in [-0.25, -0.2) is 0 Å². The van der Waals surface area contributed by atoms with Gasteiger partial charge in [0.1, 0.15) is 0 Å². The normalized spacial score (nSPS) is 12.2. The van der Waals surface area contributed by atoms with Gasteiger partial charge in [0, 0.05) is 19.8 Å². The number of likely N-dealkylation sites (N-methyl/N-ethyl adjacent to an activating group) is 1. The van der Waals surface area contributed by atoms with Crippen LogP contribution in [0.2, 0.25) is 0 Å². The summed E-state index contributed by atoms with van der Waals surface area (Å²) < 4.78 is 0. The second kappa shape index (κ2) is 4.10. The van der Waals surface area contributed by atoms with Crippen molar-refractivity contribution < 1.29 is 0 Å². The molecule has 0 saturated carbocycles. The molecule has 0 saturated heterocycles. The molecule has 2 nitrogen and oxygen atoms in total. The molecular weight excluding hydrogens is 160 g/mol. The highest BCUT2D eigenvalue weighted by Gasteiger charge is 2.10. The Bertz CT molecular complexity index is 277. The molecule has 2 heteroatoms. The van der Waals surface area contributed by atoms with E-state index in [0.717, 1.165) is 11.3 Å². The van der Waals surface area contributed by atoms with Crippen LogP contribution in [0.4, 0.5) is 0 Å². The van der Waals surface area contributed by atoms with Gasteiger partial charge in [-0.05, 0) is 5.56 Å². The molecule has 0 spiro atoms. The van der Waals surface area contributed by atoms with E-state index in [-0.39, 0.29) is 6.04 Å². The fourth-order valence-electron chi connectivity index (χ4n) is 1.13. The summed E-state index contributed by atoms with van der Waals surface area (Å²) in [5.41, 5.74) is 8.02. The lowest BCUT2D eigenvalue weighted by Gasteiger charge is -2.22. The Hall–Kier alpha value is -1.28. The summed E-state index contributed by atoms with van der Waals surface area (Å²) in [5.74, 6) is 0. The molecule has 0 aliphatic rings. The van der Waals surface area contributed by atoms with Crippen molar-refractivity contribution in [3.8, 4) is 0 Å². The van der Waals surface area contributed by atoms with Gasteiger partial charge in [0.05, 0.1) is 6.04 Å². The monoisotopic (exact) mass is 176 g/mol.